The number of hydrogen-bond donors (Lipinski definition) is 0. The minimum absolute atomic E-state index is 0.517. The average molecular weight is 250 g/mol. The maximum atomic E-state index is 2.51. The predicted molar refractivity (Wildman–Crippen MR) is 80.6 cm³/mol. The van der Waals surface area contributed by atoms with E-state index in [1.807, 2.05) is 0 Å². The second-order valence-electron chi connectivity index (χ2n) is 9.72. The Hall–Kier alpha value is 0. The molecular weight excluding hydrogens is 216 g/mol. The zero-order valence-electron chi connectivity index (χ0n) is 13.8. The molecule has 0 saturated heterocycles. The van der Waals surface area contributed by atoms with Crippen LogP contribution in [0.4, 0.5) is 0 Å². The summed E-state index contributed by atoms with van der Waals surface area (Å²) < 4.78 is 0. The van der Waals surface area contributed by atoms with Gasteiger partial charge in [0.05, 0.1) is 0 Å². The number of rotatable bonds is 0. The lowest BCUT2D eigenvalue weighted by molar-refractivity contribution is -0.0866. The first-order valence-electron chi connectivity index (χ1n) is 7.98. The van der Waals surface area contributed by atoms with Crippen LogP contribution in [-0.4, -0.2) is 0 Å². The summed E-state index contributed by atoms with van der Waals surface area (Å²) >= 11 is 0. The van der Waals surface area contributed by atoms with Crippen LogP contribution in [0.3, 0.4) is 0 Å². The highest BCUT2D eigenvalue weighted by Gasteiger charge is 2.52. The van der Waals surface area contributed by atoms with Crippen LogP contribution in [0.1, 0.15) is 87.0 Å². The van der Waals surface area contributed by atoms with E-state index in [0.717, 1.165) is 5.92 Å². The molecule has 2 aliphatic rings. The average Bonchev–Trinajstić information content (AvgIpc) is 2.19. The molecule has 1 spiro atoms. The van der Waals surface area contributed by atoms with Crippen LogP contribution in [0.5, 0.6) is 0 Å². The Morgan fingerprint density at radius 1 is 0.667 bits per heavy atom. The fourth-order valence-electron chi connectivity index (χ4n) is 5.17. The molecule has 0 heterocycles. The van der Waals surface area contributed by atoms with Gasteiger partial charge in [0.15, 0.2) is 0 Å². The van der Waals surface area contributed by atoms with Crippen molar-refractivity contribution in [2.45, 2.75) is 87.0 Å². The van der Waals surface area contributed by atoms with Crippen molar-refractivity contribution >= 4 is 0 Å². The molecule has 0 aliphatic heterocycles. The topological polar surface area (TPSA) is 0 Å². The minimum atomic E-state index is 0.517. The fraction of sp³-hybridized carbons (Fsp3) is 1.00. The predicted octanol–water partition coefficient (Wildman–Crippen LogP) is 6.06. The van der Waals surface area contributed by atoms with Crippen molar-refractivity contribution in [1.82, 2.24) is 0 Å². The highest BCUT2D eigenvalue weighted by Crippen LogP contribution is 2.63. The Bertz CT molecular complexity index is 289. The van der Waals surface area contributed by atoms with Crippen LogP contribution in [0, 0.1) is 27.6 Å². The van der Waals surface area contributed by atoms with Crippen LogP contribution in [-0.2, 0) is 0 Å². The van der Waals surface area contributed by atoms with Gasteiger partial charge in [0.2, 0.25) is 0 Å². The molecule has 0 heteroatoms. The molecular formula is C18H34. The van der Waals surface area contributed by atoms with Crippen molar-refractivity contribution in [1.29, 1.82) is 0 Å². The third kappa shape index (κ3) is 2.49. The molecule has 2 fully saturated rings. The molecule has 0 aromatic rings. The molecule has 18 heavy (non-hydrogen) atoms. The van der Waals surface area contributed by atoms with Crippen LogP contribution in [0.25, 0.3) is 0 Å². The molecule has 2 saturated carbocycles. The summed E-state index contributed by atoms with van der Waals surface area (Å²) in [6, 6.07) is 0. The van der Waals surface area contributed by atoms with Gasteiger partial charge >= 0.3 is 0 Å². The largest absolute Gasteiger partial charge is 0.0615 e. The summed E-state index contributed by atoms with van der Waals surface area (Å²) in [5.74, 6) is 0.838. The SMILES string of the molecule is CC1C(C)(C)CC2(CCC(C)(C)CC2)CC1(C)C. The van der Waals surface area contributed by atoms with Gasteiger partial charge in [0, 0.05) is 0 Å². The molecule has 0 bridgehead atoms. The first-order valence-corrected chi connectivity index (χ1v) is 7.98. The Morgan fingerprint density at radius 2 is 1.06 bits per heavy atom. The van der Waals surface area contributed by atoms with E-state index in [9.17, 15) is 0 Å². The summed E-state index contributed by atoms with van der Waals surface area (Å²) in [6.45, 7) is 17.5. The van der Waals surface area contributed by atoms with Crippen LogP contribution in [0.15, 0.2) is 0 Å². The molecule has 0 atom stereocenters. The second-order valence-corrected chi connectivity index (χ2v) is 9.72. The summed E-state index contributed by atoms with van der Waals surface area (Å²) in [5, 5.41) is 0. The van der Waals surface area contributed by atoms with Crippen molar-refractivity contribution in [2.24, 2.45) is 27.6 Å². The third-order valence-electron chi connectivity index (χ3n) is 6.67. The maximum absolute atomic E-state index is 2.51. The lowest BCUT2D eigenvalue weighted by Gasteiger charge is -2.59. The minimum Gasteiger partial charge on any atom is -0.0615 e. The molecule has 0 aromatic heterocycles. The molecule has 0 nitrogen and oxygen atoms in total. The van der Waals surface area contributed by atoms with E-state index in [2.05, 4.69) is 48.5 Å². The van der Waals surface area contributed by atoms with E-state index < -0.39 is 0 Å². The first-order chi connectivity index (χ1) is 7.98. The van der Waals surface area contributed by atoms with E-state index in [4.69, 9.17) is 0 Å². The summed E-state index contributed by atoms with van der Waals surface area (Å²) in [5.41, 5.74) is 2.30. The van der Waals surface area contributed by atoms with E-state index in [1.54, 1.807) is 0 Å². The van der Waals surface area contributed by atoms with Gasteiger partial charge in [-0.25, -0.2) is 0 Å². The quantitative estimate of drug-likeness (QED) is 0.490. The summed E-state index contributed by atoms with van der Waals surface area (Å²) in [6.07, 6.45) is 8.74. The molecule has 0 aromatic carbocycles. The lowest BCUT2D eigenvalue weighted by Crippen LogP contribution is -2.49. The van der Waals surface area contributed by atoms with Gasteiger partial charge in [-0.05, 0) is 66.1 Å². The molecule has 2 rings (SSSR count). The Labute approximate surface area is 115 Å². The van der Waals surface area contributed by atoms with E-state index >= 15 is 0 Å². The molecule has 106 valence electrons. The second kappa shape index (κ2) is 4.00. The zero-order chi connectivity index (χ0) is 13.8. The molecule has 2 aliphatic carbocycles. The fourth-order valence-corrected chi connectivity index (χ4v) is 5.17. The van der Waals surface area contributed by atoms with Crippen molar-refractivity contribution in [3.05, 3.63) is 0 Å². The third-order valence-corrected chi connectivity index (χ3v) is 6.67. The standard InChI is InChI=1S/C18H34/c1-14-16(4,5)12-18(13-17(14,6)7)10-8-15(2,3)9-11-18/h14H,8-13H2,1-7H3. The van der Waals surface area contributed by atoms with Gasteiger partial charge in [-0.15, -0.1) is 0 Å². The van der Waals surface area contributed by atoms with E-state index in [1.165, 1.54) is 38.5 Å². The van der Waals surface area contributed by atoms with Gasteiger partial charge in [-0.1, -0.05) is 48.5 Å². The molecule has 0 radical (unpaired) electrons. The van der Waals surface area contributed by atoms with Gasteiger partial charge in [0.1, 0.15) is 0 Å². The van der Waals surface area contributed by atoms with Crippen LogP contribution < -0.4 is 0 Å². The highest BCUT2D eigenvalue weighted by molar-refractivity contribution is 5.03. The summed E-state index contributed by atoms with van der Waals surface area (Å²) in [4.78, 5) is 0. The van der Waals surface area contributed by atoms with Crippen molar-refractivity contribution in [2.75, 3.05) is 0 Å². The van der Waals surface area contributed by atoms with E-state index in [0.29, 0.717) is 21.7 Å². The number of hydrogen-bond acceptors (Lipinski definition) is 0. The molecule has 0 unspecified atom stereocenters. The molecule has 0 amide bonds. The van der Waals surface area contributed by atoms with Gasteiger partial charge in [-0.3, -0.25) is 0 Å². The smallest absolute Gasteiger partial charge is 0.0287 e. The monoisotopic (exact) mass is 250 g/mol. The Kier molecular flexibility index (Phi) is 3.20. The normalized spacial score (nSPS) is 36.5. The highest BCUT2D eigenvalue weighted by atomic mass is 14.6. The Morgan fingerprint density at radius 3 is 1.44 bits per heavy atom. The van der Waals surface area contributed by atoms with E-state index in [-0.39, 0.29) is 0 Å². The summed E-state index contributed by atoms with van der Waals surface area (Å²) in [7, 11) is 0. The van der Waals surface area contributed by atoms with Crippen LogP contribution in [0.2, 0.25) is 0 Å². The van der Waals surface area contributed by atoms with Gasteiger partial charge in [0.25, 0.3) is 0 Å². The maximum Gasteiger partial charge on any atom is -0.0287 e. The lowest BCUT2D eigenvalue weighted by atomic mass is 9.46. The van der Waals surface area contributed by atoms with Crippen molar-refractivity contribution in [3.8, 4) is 0 Å². The van der Waals surface area contributed by atoms with Crippen LogP contribution >= 0.6 is 0 Å². The molecule has 0 N–H and O–H groups in total. The first kappa shape index (κ1) is 14.4. The van der Waals surface area contributed by atoms with Crippen molar-refractivity contribution < 1.29 is 0 Å². The Balaban J connectivity index is 2.21. The zero-order valence-corrected chi connectivity index (χ0v) is 13.8. The van der Waals surface area contributed by atoms with Crippen molar-refractivity contribution in [3.63, 3.8) is 0 Å². The van der Waals surface area contributed by atoms with Gasteiger partial charge < -0.3 is 0 Å². The van der Waals surface area contributed by atoms with Gasteiger partial charge in [-0.2, -0.15) is 0 Å².